The van der Waals surface area contributed by atoms with Crippen LogP contribution in [0.2, 0.25) is 0 Å². The fourth-order valence-electron chi connectivity index (χ4n) is 3.94. The summed E-state index contributed by atoms with van der Waals surface area (Å²) in [5.41, 5.74) is -0.844. The molecule has 6 heteroatoms. The summed E-state index contributed by atoms with van der Waals surface area (Å²) in [4.78, 5) is 13.4. The molecule has 2 rings (SSSR count). The van der Waals surface area contributed by atoms with Gasteiger partial charge in [-0.25, -0.2) is 0 Å². The number of nitrogens with one attached hydrogen (secondary N) is 1. The van der Waals surface area contributed by atoms with Crippen LogP contribution in [-0.4, -0.2) is 35.7 Å². The highest BCUT2D eigenvalue weighted by molar-refractivity contribution is 5.85. The number of halogens is 3. The molecule has 0 aromatic rings. The molecule has 1 saturated heterocycles. The zero-order valence-corrected chi connectivity index (χ0v) is 12.4. The van der Waals surface area contributed by atoms with E-state index in [4.69, 9.17) is 0 Å². The Morgan fingerprint density at radius 3 is 2.40 bits per heavy atom. The molecule has 2 aliphatic rings. The Labute approximate surface area is 117 Å². The molecule has 0 aromatic heterocycles. The van der Waals surface area contributed by atoms with Gasteiger partial charge < -0.3 is 4.90 Å². The van der Waals surface area contributed by atoms with Crippen LogP contribution >= 0.6 is 0 Å². The molecule has 1 aliphatic carbocycles. The zero-order valence-electron chi connectivity index (χ0n) is 12.4. The minimum absolute atomic E-state index is 0.0556. The summed E-state index contributed by atoms with van der Waals surface area (Å²) in [5, 5.41) is 2.66. The first-order valence-electron chi connectivity index (χ1n) is 7.21. The lowest BCUT2D eigenvalue weighted by Crippen LogP contribution is -2.61. The number of nitrogens with zero attached hydrogens (tertiary/aromatic N) is 1. The summed E-state index contributed by atoms with van der Waals surface area (Å²) in [6, 6.07) is -2.06. The third-order valence-electron chi connectivity index (χ3n) is 4.95. The molecule has 20 heavy (non-hydrogen) atoms. The van der Waals surface area contributed by atoms with E-state index in [0.29, 0.717) is 12.3 Å². The van der Waals surface area contributed by atoms with Gasteiger partial charge in [0.1, 0.15) is 0 Å². The average Bonchev–Trinajstić information content (AvgIpc) is 2.54. The van der Waals surface area contributed by atoms with Gasteiger partial charge in [-0.1, -0.05) is 27.2 Å². The van der Waals surface area contributed by atoms with Crippen molar-refractivity contribution in [1.29, 1.82) is 0 Å². The van der Waals surface area contributed by atoms with Crippen LogP contribution in [0.4, 0.5) is 13.2 Å². The van der Waals surface area contributed by atoms with Crippen molar-refractivity contribution in [2.75, 3.05) is 7.05 Å². The van der Waals surface area contributed by atoms with Crippen molar-refractivity contribution in [2.45, 2.75) is 57.9 Å². The molecule has 1 heterocycles. The van der Waals surface area contributed by atoms with Gasteiger partial charge in [0.2, 0.25) is 5.91 Å². The monoisotopic (exact) mass is 292 g/mol. The number of likely N-dealkylation sites (N-methyl/N-ethyl adjacent to an activating group) is 1. The minimum atomic E-state index is -4.53. The quantitative estimate of drug-likeness (QED) is 0.806. The van der Waals surface area contributed by atoms with Crippen LogP contribution in [0.5, 0.6) is 0 Å². The molecule has 0 bridgehead atoms. The van der Waals surface area contributed by atoms with Crippen molar-refractivity contribution in [2.24, 2.45) is 17.8 Å². The van der Waals surface area contributed by atoms with Crippen molar-refractivity contribution >= 4 is 5.91 Å². The van der Waals surface area contributed by atoms with E-state index < -0.39 is 23.8 Å². The maximum Gasteiger partial charge on any atom is 0.412 e. The lowest BCUT2D eigenvalue weighted by Gasteiger charge is -2.49. The maximum absolute atomic E-state index is 13.0. The largest absolute Gasteiger partial charge is 0.412 e. The van der Waals surface area contributed by atoms with Gasteiger partial charge in [0, 0.05) is 7.05 Å². The van der Waals surface area contributed by atoms with Crippen LogP contribution in [-0.2, 0) is 4.79 Å². The van der Waals surface area contributed by atoms with E-state index in [0.717, 1.165) is 12.8 Å². The fourth-order valence-corrected chi connectivity index (χ4v) is 3.94. The summed E-state index contributed by atoms with van der Waals surface area (Å²) < 4.78 is 39.1. The summed E-state index contributed by atoms with van der Waals surface area (Å²) in [7, 11) is 1.51. The number of hydrogen-bond acceptors (Lipinski definition) is 2. The predicted octanol–water partition coefficient (Wildman–Crippen LogP) is 2.77. The van der Waals surface area contributed by atoms with Crippen molar-refractivity contribution < 1.29 is 18.0 Å². The molecular formula is C14H23F3N2O. The van der Waals surface area contributed by atoms with Gasteiger partial charge in [0.05, 0.1) is 5.66 Å². The van der Waals surface area contributed by atoms with E-state index >= 15 is 0 Å². The van der Waals surface area contributed by atoms with Crippen LogP contribution in [0.3, 0.4) is 0 Å². The van der Waals surface area contributed by atoms with Crippen molar-refractivity contribution in [3.05, 3.63) is 0 Å². The van der Waals surface area contributed by atoms with Crippen LogP contribution in [0.1, 0.15) is 40.0 Å². The third kappa shape index (κ3) is 2.32. The molecule has 1 saturated carbocycles. The Kier molecular flexibility index (Phi) is 3.82. The maximum atomic E-state index is 13.0. The number of carbonyl (C=O) groups is 1. The Hall–Kier alpha value is -0.780. The molecule has 1 amide bonds. The average molecular weight is 292 g/mol. The normalized spacial score (nSPS) is 39.1. The number of amides is 1. The van der Waals surface area contributed by atoms with Gasteiger partial charge in [0.25, 0.3) is 0 Å². The standard InChI is InChI=1S/C14H23F3N2O/c1-8(2)10-6-5-9(3)7-13(10)18-11(14(15,16)17)12(20)19(13)4/h8-11,18H,5-7H2,1-4H3/t9-,10+,11?,13-/m1/s1. The SMILES string of the molecule is CC(C)[C@@H]1CC[C@@H](C)C[C@]12NC(C(F)(F)F)C(=O)N2C. The Morgan fingerprint density at radius 1 is 1.35 bits per heavy atom. The summed E-state index contributed by atoms with van der Waals surface area (Å²) in [6.45, 7) is 6.08. The van der Waals surface area contributed by atoms with E-state index in [1.54, 1.807) is 0 Å². The lowest BCUT2D eigenvalue weighted by molar-refractivity contribution is -0.165. The highest BCUT2D eigenvalue weighted by Gasteiger charge is 2.62. The molecule has 1 aliphatic heterocycles. The second-order valence-corrected chi connectivity index (χ2v) is 6.68. The number of carbonyl (C=O) groups excluding carboxylic acids is 1. The highest BCUT2D eigenvalue weighted by atomic mass is 19.4. The summed E-state index contributed by atoms with van der Waals surface area (Å²) in [5.74, 6) is -0.241. The van der Waals surface area contributed by atoms with Crippen LogP contribution in [0.25, 0.3) is 0 Å². The number of hydrogen-bond donors (Lipinski definition) is 1. The molecule has 1 N–H and O–H groups in total. The summed E-state index contributed by atoms with van der Waals surface area (Å²) >= 11 is 0. The van der Waals surface area contributed by atoms with Crippen molar-refractivity contribution in [3.63, 3.8) is 0 Å². The Balaban J connectivity index is 2.38. The first-order chi connectivity index (χ1) is 9.09. The molecule has 116 valence electrons. The van der Waals surface area contributed by atoms with Gasteiger partial charge in [-0.2, -0.15) is 13.2 Å². The van der Waals surface area contributed by atoms with Crippen LogP contribution < -0.4 is 5.32 Å². The second-order valence-electron chi connectivity index (χ2n) is 6.68. The first-order valence-corrected chi connectivity index (χ1v) is 7.21. The molecule has 1 spiro atoms. The van der Waals surface area contributed by atoms with Gasteiger partial charge in [-0.15, -0.1) is 0 Å². The Morgan fingerprint density at radius 2 is 1.95 bits per heavy atom. The van der Waals surface area contributed by atoms with Crippen molar-refractivity contribution in [3.8, 4) is 0 Å². The third-order valence-corrected chi connectivity index (χ3v) is 4.95. The fraction of sp³-hybridized carbons (Fsp3) is 0.929. The lowest BCUT2D eigenvalue weighted by atomic mass is 9.69. The number of alkyl halides is 3. The molecule has 0 radical (unpaired) electrons. The van der Waals surface area contributed by atoms with E-state index in [1.807, 2.05) is 20.8 Å². The number of rotatable bonds is 1. The Bertz CT molecular complexity index is 396. The van der Waals surface area contributed by atoms with Gasteiger partial charge in [-0.05, 0) is 30.6 Å². The minimum Gasteiger partial charge on any atom is -0.325 e. The smallest absolute Gasteiger partial charge is 0.325 e. The van der Waals surface area contributed by atoms with E-state index in [-0.39, 0.29) is 11.8 Å². The van der Waals surface area contributed by atoms with E-state index in [9.17, 15) is 18.0 Å². The van der Waals surface area contributed by atoms with Crippen LogP contribution in [0, 0.1) is 17.8 Å². The molecule has 3 nitrogen and oxygen atoms in total. The topological polar surface area (TPSA) is 32.3 Å². The van der Waals surface area contributed by atoms with Gasteiger partial charge in [0.15, 0.2) is 6.04 Å². The van der Waals surface area contributed by atoms with Gasteiger partial charge in [-0.3, -0.25) is 10.1 Å². The second kappa shape index (κ2) is 4.90. The molecule has 0 aromatic carbocycles. The molecule has 4 atom stereocenters. The first kappa shape index (κ1) is 15.6. The van der Waals surface area contributed by atoms with Crippen molar-refractivity contribution in [1.82, 2.24) is 10.2 Å². The van der Waals surface area contributed by atoms with E-state index in [2.05, 4.69) is 5.32 Å². The predicted molar refractivity (Wildman–Crippen MR) is 69.8 cm³/mol. The van der Waals surface area contributed by atoms with Crippen LogP contribution in [0.15, 0.2) is 0 Å². The zero-order chi connectivity index (χ0) is 15.3. The summed E-state index contributed by atoms with van der Waals surface area (Å²) in [6.07, 6.45) is -2.08. The molecule has 1 unspecified atom stereocenters. The highest BCUT2D eigenvalue weighted by Crippen LogP contribution is 2.46. The molecular weight excluding hydrogens is 269 g/mol. The molecule has 2 fully saturated rings. The van der Waals surface area contributed by atoms with Gasteiger partial charge >= 0.3 is 6.18 Å². The van der Waals surface area contributed by atoms with E-state index in [1.165, 1.54) is 11.9 Å².